The first kappa shape index (κ1) is 24.1. The minimum atomic E-state index is -2.61. The molecule has 2 aliphatic heterocycles. The van der Waals surface area contributed by atoms with Crippen molar-refractivity contribution in [3.05, 3.63) is 44.9 Å². The third kappa shape index (κ3) is 4.61. The van der Waals surface area contributed by atoms with Gasteiger partial charge in [0.25, 0.3) is 11.8 Å². The van der Waals surface area contributed by atoms with E-state index >= 15 is 0 Å². The summed E-state index contributed by atoms with van der Waals surface area (Å²) in [6.45, 7) is 4.44. The van der Waals surface area contributed by atoms with E-state index in [1.54, 1.807) is 0 Å². The Hall–Kier alpha value is -2.22. The Morgan fingerprint density at radius 3 is 2.31 bits per heavy atom. The molecule has 5 nitrogen and oxygen atoms in total. The summed E-state index contributed by atoms with van der Waals surface area (Å²) in [5, 5.41) is 3.09. The lowest BCUT2D eigenvalue weighted by Gasteiger charge is -2.35. The molecule has 192 valence electrons. The van der Waals surface area contributed by atoms with E-state index in [-0.39, 0.29) is 31.8 Å². The lowest BCUT2D eigenvalue weighted by atomic mass is 9.92. The van der Waals surface area contributed by atoms with E-state index in [0.29, 0.717) is 17.1 Å². The number of amides is 1. The van der Waals surface area contributed by atoms with Crippen LogP contribution < -0.4 is 15.1 Å². The second-order valence-electron chi connectivity index (χ2n) is 11.2. The molecule has 2 aliphatic carbocycles. The summed E-state index contributed by atoms with van der Waals surface area (Å²) in [5.41, 5.74) is 5.69. The van der Waals surface area contributed by atoms with Gasteiger partial charge in [0.15, 0.2) is 0 Å². The minimum Gasteiger partial charge on any atom is -0.371 e. The van der Waals surface area contributed by atoms with E-state index in [1.807, 2.05) is 24.0 Å². The molecule has 0 atom stereocenters. The Kier molecular flexibility index (Phi) is 6.01. The number of benzene rings is 1. The van der Waals surface area contributed by atoms with Gasteiger partial charge in [-0.05, 0) is 92.2 Å². The Morgan fingerprint density at radius 2 is 1.61 bits per heavy atom. The number of carbonyl (C=O) groups is 1. The van der Waals surface area contributed by atoms with Crippen LogP contribution in [0.1, 0.15) is 72.0 Å². The second kappa shape index (κ2) is 8.96. The van der Waals surface area contributed by atoms with Crippen molar-refractivity contribution < 1.29 is 13.6 Å². The molecule has 0 radical (unpaired) electrons. The van der Waals surface area contributed by atoms with E-state index in [0.717, 1.165) is 59.2 Å². The number of anilines is 3. The van der Waals surface area contributed by atoms with Crippen LogP contribution in [0.25, 0.3) is 0 Å². The highest BCUT2D eigenvalue weighted by Gasteiger charge is 2.45. The van der Waals surface area contributed by atoms with Crippen molar-refractivity contribution in [1.82, 2.24) is 4.98 Å². The van der Waals surface area contributed by atoms with E-state index in [2.05, 4.69) is 37.2 Å². The molecule has 0 unspecified atom stereocenters. The molecule has 1 N–H and O–H groups in total. The summed E-state index contributed by atoms with van der Waals surface area (Å²) in [4.78, 5) is 22.8. The molecule has 3 fully saturated rings. The molecule has 2 saturated heterocycles. The summed E-state index contributed by atoms with van der Waals surface area (Å²) in [6.07, 6.45) is 7.67. The maximum absolute atomic E-state index is 13.9. The summed E-state index contributed by atoms with van der Waals surface area (Å²) in [7, 11) is 0. The van der Waals surface area contributed by atoms with Crippen LogP contribution in [0.2, 0.25) is 0 Å². The van der Waals surface area contributed by atoms with Crippen LogP contribution in [-0.2, 0) is 12.8 Å². The SMILES string of the molecule is Cc1cc(NC(=O)c2c(N3CCC4(CC3)CC4)cc(Br)c3c2CCC3)nc(N2CCC(F)(F)CC2)c1. The molecule has 1 aromatic carbocycles. The molecule has 0 bridgehead atoms. The molecule has 1 aromatic heterocycles. The number of hydrogen-bond acceptors (Lipinski definition) is 4. The molecule has 1 amide bonds. The Balaban J connectivity index is 1.29. The highest BCUT2D eigenvalue weighted by Crippen LogP contribution is 2.54. The number of piperidine rings is 2. The summed E-state index contributed by atoms with van der Waals surface area (Å²) >= 11 is 3.79. The van der Waals surface area contributed by atoms with E-state index < -0.39 is 5.92 Å². The maximum atomic E-state index is 13.9. The van der Waals surface area contributed by atoms with Crippen molar-refractivity contribution in [2.24, 2.45) is 5.41 Å². The van der Waals surface area contributed by atoms with Crippen LogP contribution in [-0.4, -0.2) is 43.0 Å². The molecule has 3 heterocycles. The van der Waals surface area contributed by atoms with Gasteiger partial charge < -0.3 is 15.1 Å². The van der Waals surface area contributed by atoms with Gasteiger partial charge in [0, 0.05) is 43.5 Å². The van der Waals surface area contributed by atoms with Crippen molar-refractivity contribution in [3.63, 3.8) is 0 Å². The van der Waals surface area contributed by atoms with Gasteiger partial charge in [-0.1, -0.05) is 15.9 Å². The van der Waals surface area contributed by atoms with Crippen molar-refractivity contribution in [2.45, 2.75) is 70.6 Å². The molecular weight excluding hydrogens is 526 g/mol. The number of rotatable bonds is 4. The molecule has 4 aliphatic rings. The minimum absolute atomic E-state index is 0.128. The number of fused-ring (bicyclic) bond motifs is 1. The average Bonchev–Trinajstić information content (AvgIpc) is 3.39. The van der Waals surface area contributed by atoms with Gasteiger partial charge in [-0.25, -0.2) is 13.8 Å². The van der Waals surface area contributed by atoms with Crippen LogP contribution in [0.5, 0.6) is 0 Å². The van der Waals surface area contributed by atoms with Gasteiger partial charge in [-0.3, -0.25) is 4.79 Å². The molecule has 1 saturated carbocycles. The van der Waals surface area contributed by atoms with Crippen molar-refractivity contribution in [3.8, 4) is 0 Å². The van der Waals surface area contributed by atoms with E-state index in [9.17, 15) is 13.6 Å². The largest absolute Gasteiger partial charge is 0.371 e. The summed E-state index contributed by atoms with van der Waals surface area (Å²) < 4.78 is 28.5. The number of halogens is 3. The zero-order chi connectivity index (χ0) is 25.1. The average molecular weight is 559 g/mol. The first-order chi connectivity index (χ1) is 17.2. The first-order valence-corrected chi connectivity index (χ1v) is 14.0. The third-order valence-corrected chi connectivity index (χ3v) is 9.40. The van der Waals surface area contributed by atoms with Crippen LogP contribution in [0, 0.1) is 12.3 Å². The van der Waals surface area contributed by atoms with Gasteiger partial charge >= 0.3 is 0 Å². The smallest absolute Gasteiger partial charge is 0.259 e. The number of aromatic nitrogens is 1. The molecule has 2 aromatic rings. The normalized spacial score (nSPS) is 22.0. The molecule has 36 heavy (non-hydrogen) atoms. The summed E-state index contributed by atoms with van der Waals surface area (Å²) in [5.74, 6) is -1.61. The van der Waals surface area contributed by atoms with Gasteiger partial charge in [-0.15, -0.1) is 0 Å². The zero-order valence-electron chi connectivity index (χ0n) is 20.8. The van der Waals surface area contributed by atoms with Crippen molar-refractivity contribution in [2.75, 3.05) is 41.3 Å². The van der Waals surface area contributed by atoms with Crippen LogP contribution in [0.15, 0.2) is 22.7 Å². The quantitative estimate of drug-likeness (QED) is 0.464. The number of pyridine rings is 1. The number of hydrogen-bond donors (Lipinski definition) is 1. The van der Waals surface area contributed by atoms with Crippen LogP contribution >= 0.6 is 15.9 Å². The number of alkyl halides is 2. The van der Waals surface area contributed by atoms with Gasteiger partial charge in [0.1, 0.15) is 11.6 Å². The Labute approximate surface area is 219 Å². The van der Waals surface area contributed by atoms with Gasteiger partial charge in [0.2, 0.25) is 0 Å². The Morgan fingerprint density at radius 1 is 0.944 bits per heavy atom. The molecular formula is C28H33BrF2N4O. The highest BCUT2D eigenvalue weighted by molar-refractivity contribution is 9.10. The molecule has 6 rings (SSSR count). The topological polar surface area (TPSA) is 48.5 Å². The Bertz CT molecular complexity index is 1190. The van der Waals surface area contributed by atoms with Gasteiger partial charge in [0.05, 0.1) is 11.3 Å². The fourth-order valence-electron chi connectivity index (χ4n) is 6.24. The number of carbonyl (C=O) groups excluding carboxylic acids is 1. The van der Waals surface area contributed by atoms with E-state index in [4.69, 9.17) is 0 Å². The van der Waals surface area contributed by atoms with Crippen LogP contribution in [0.4, 0.5) is 26.1 Å². The monoisotopic (exact) mass is 558 g/mol. The van der Waals surface area contributed by atoms with Gasteiger partial charge in [-0.2, -0.15) is 0 Å². The standard InChI is InChI=1S/C28H33BrF2N4O/c1-18-15-23(32-24(16-18)35-13-9-28(30,31)10-14-35)33-26(36)25-20-4-2-3-19(20)21(29)17-22(25)34-11-7-27(5-6-27)8-12-34/h15-17H,2-14H2,1H3,(H,32,33,36). The number of nitrogens with zero attached hydrogens (tertiary/aromatic N) is 3. The molecule has 8 heteroatoms. The predicted molar refractivity (Wildman–Crippen MR) is 143 cm³/mol. The first-order valence-electron chi connectivity index (χ1n) is 13.2. The number of aryl methyl sites for hydroxylation is 1. The van der Waals surface area contributed by atoms with Crippen LogP contribution in [0.3, 0.4) is 0 Å². The van der Waals surface area contributed by atoms with Crippen molar-refractivity contribution >= 4 is 39.2 Å². The van der Waals surface area contributed by atoms with Crippen molar-refractivity contribution in [1.29, 1.82) is 0 Å². The highest BCUT2D eigenvalue weighted by atomic mass is 79.9. The fourth-order valence-corrected chi connectivity index (χ4v) is 6.89. The second-order valence-corrected chi connectivity index (χ2v) is 12.1. The zero-order valence-corrected chi connectivity index (χ0v) is 22.4. The fraction of sp³-hybridized carbons (Fsp3) is 0.571. The van der Waals surface area contributed by atoms with E-state index in [1.165, 1.54) is 31.2 Å². The third-order valence-electron chi connectivity index (χ3n) is 8.69. The molecule has 1 spiro atoms. The summed E-state index contributed by atoms with van der Waals surface area (Å²) in [6, 6.07) is 5.91. The number of nitrogens with one attached hydrogen (secondary N) is 1. The lowest BCUT2D eigenvalue weighted by Crippen LogP contribution is -2.39. The lowest BCUT2D eigenvalue weighted by molar-refractivity contribution is -0.0221. The maximum Gasteiger partial charge on any atom is 0.259 e. The predicted octanol–water partition coefficient (Wildman–Crippen LogP) is 6.51.